The molecule has 1 saturated heterocycles. The van der Waals surface area contributed by atoms with E-state index in [1.165, 1.54) is 15.9 Å². The lowest BCUT2D eigenvalue weighted by Gasteiger charge is -2.29. The summed E-state index contributed by atoms with van der Waals surface area (Å²) < 4.78 is 1.48. The van der Waals surface area contributed by atoms with E-state index in [9.17, 15) is 14.7 Å². The largest absolute Gasteiger partial charge is 0.391 e. The van der Waals surface area contributed by atoms with E-state index in [2.05, 4.69) is 20.8 Å². The van der Waals surface area contributed by atoms with Gasteiger partial charge in [-0.15, -0.1) is 5.10 Å². The Morgan fingerprint density at radius 2 is 2.17 bits per heavy atom. The van der Waals surface area contributed by atoms with Gasteiger partial charge in [-0.25, -0.2) is 4.68 Å². The van der Waals surface area contributed by atoms with Crippen molar-refractivity contribution in [2.24, 2.45) is 11.7 Å². The molecule has 1 aromatic carbocycles. The summed E-state index contributed by atoms with van der Waals surface area (Å²) in [5.74, 6) is -0.855. The quantitative estimate of drug-likeness (QED) is 0.567. The molecule has 30 heavy (non-hydrogen) atoms. The zero-order chi connectivity index (χ0) is 21.8. The molecule has 0 bridgehead atoms. The zero-order valence-corrected chi connectivity index (χ0v) is 17.7. The molecule has 10 nitrogen and oxygen atoms in total. The second-order valence-electron chi connectivity index (χ2n) is 7.70. The number of nitrogens with zero attached hydrogens (tertiary/aromatic N) is 5. The standard InChI is InChI=1S/C19H26ClN7O3/c1-11(2)17(28)16(21)19(30)26-7-3-4-15(26)18(29)22-9-12-8-13(20)5-6-14(12)27-10-23-24-25-27/h5-6,8,10-11,15-17,28H,3-4,7,9,21H2,1-2H3,(H,22,29)/t15-,16?,17-/m0/s1. The summed E-state index contributed by atoms with van der Waals surface area (Å²) in [4.78, 5) is 27.1. The Morgan fingerprint density at radius 3 is 2.83 bits per heavy atom. The zero-order valence-electron chi connectivity index (χ0n) is 16.9. The second kappa shape index (κ2) is 9.50. The third-order valence-electron chi connectivity index (χ3n) is 5.27. The summed E-state index contributed by atoms with van der Waals surface area (Å²) in [7, 11) is 0. The van der Waals surface area contributed by atoms with Crippen molar-refractivity contribution in [1.82, 2.24) is 30.4 Å². The third-order valence-corrected chi connectivity index (χ3v) is 5.50. The van der Waals surface area contributed by atoms with Crippen LogP contribution in [0.25, 0.3) is 5.69 Å². The Balaban J connectivity index is 1.69. The van der Waals surface area contributed by atoms with E-state index in [-0.39, 0.29) is 18.4 Å². The highest BCUT2D eigenvalue weighted by atomic mass is 35.5. The van der Waals surface area contributed by atoms with Crippen LogP contribution in [0.5, 0.6) is 0 Å². The number of aliphatic hydroxyl groups is 1. The van der Waals surface area contributed by atoms with Crippen molar-refractivity contribution in [2.75, 3.05) is 6.54 Å². The number of amides is 2. The lowest BCUT2D eigenvalue weighted by atomic mass is 9.99. The fourth-order valence-electron chi connectivity index (χ4n) is 3.55. The molecule has 162 valence electrons. The molecule has 1 aliphatic heterocycles. The minimum absolute atomic E-state index is 0.161. The smallest absolute Gasteiger partial charge is 0.243 e. The monoisotopic (exact) mass is 435 g/mol. The number of aliphatic hydroxyl groups excluding tert-OH is 1. The number of hydrogen-bond donors (Lipinski definition) is 3. The SMILES string of the molecule is CC(C)[C@H](O)C(N)C(=O)N1CCC[C@H]1C(=O)NCc1cc(Cl)ccc1-n1cnnn1. The molecule has 2 heterocycles. The predicted molar refractivity (Wildman–Crippen MR) is 110 cm³/mol. The molecular weight excluding hydrogens is 410 g/mol. The molecule has 0 spiro atoms. The first-order valence-electron chi connectivity index (χ1n) is 9.83. The molecule has 2 aromatic rings. The highest BCUT2D eigenvalue weighted by Gasteiger charge is 2.38. The molecule has 0 aliphatic carbocycles. The topological polar surface area (TPSA) is 139 Å². The number of halogens is 1. The van der Waals surface area contributed by atoms with Crippen molar-refractivity contribution in [1.29, 1.82) is 0 Å². The van der Waals surface area contributed by atoms with E-state index in [0.717, 1.165) is 5.56 Å². The normalized spacial score (nSPS) is 18.5. The van der Waals surface area contributed by atoms with Crippen molar-refractivity contribution in [3.8, 4) is 5.69 Å². The van der Waals surface area contributed by atoms with E-state index in [0.29, 0.717) is 30.1 Å². The molecule has 0 saturated carbocycles. The van der Waals surface area contributed by atoms with E-state index < -0.39 is 24.1 Å². The lowest BCUT2D eigenvalue weighted by Crippen LogP contribution is -2.55. The van der Waals surface area contributed by atoms with Crippen LogP contribution in [-0.4, -0.2) is 66.8 Å². The van der Waals surface area contributed by atoms with Gasteiger partial charge in [-0.05, 0) is 52.9 Å². The van der Waals surface area contributed by atoms with Crippen LogP contribution in [0.1, 0.15) is 32.3 Å². The maximum atomic E-state index is 12.9. The van der Waals surface area contributed by atoms with Crippen LogP contribution in [0, 0.1) is 5.92 Å². The van der Waals surface area contributed by atoms with Gasteiger partial charge in [0.25, 0.3) is 0 Å². The van der Waals surface area contributed by atoms with Crippen LogP contribution in [0.3, 0.4) is 0 Å². The summed E-state index contributed by atoms with van der Waals surface area (Å²) in [6.07, 6.45) is 1.72. The summed E-state index contributed by atoms with van der Waals surface area (Å²) in [6, 6.07) is 3.52. The third kappa shape index (κ3) is 4.77. The van der Waals surface area contributed by atoms with Gasteiger partial charge in [-0.1, -0.05) is 25.4 Å². The van der Waals surface area contributed by atoms with Crippen LogP contribution in [-0.2, 0) is 16.1 Å². The maximum absolute atomic E-state index is 12.9. The van der Waals surface area contributed by atoms with Gasteiger partial charge in [0.1, 0.15) is 18.4 Å². The molecule has 1 aromatic heterocycles. The van der Waals surface area contributed by atoms with E-state index in [1.54, 1.807) is 32.0 Å². The fraction of sp³-hybridized carbons (Fsp3) is 0.526. The summed E-state index contributed by atoms with van der Waals surface area (Å²) in [5, 5.41) is 24.7. The lowest BCUT2D eigenvalue weighted by molar-refractivity contribution is -0.141. The van der Waals surface area contributed by atoms with Gasteiger partial charge < -0.3 is 21.1 Å². The molecule has 2 amide bonds. The van der Waals surface area contributed by atoms with Gasteiger partial charge in [-0.2, -0.15) is 0 Å². The summed E-state index contributed by atoms with van der Waals surface area (Å²) >= 11 is 6.11. The van der Waals surface area contributed by atoms with Crippen molar-refractivity contribution in [3.05, 3.63) is 35.1 Å². The molecular formula is C19H26ClN7O3. The molecule has 1 fully saturated rings. The van der Waals surface area contributed by atoms with Crippen LogP contribution in [0.15, 0.2) is 24.5 Å². The van der Waals surface area contributed by atoms with Gasteiger partial charge in [-0.3, -0.25) is 9.59 Å². The fourth-order valence-corrected chi connectivity index (χ4v) is 3.74. The number of hydrogen-bond acceptors (Lipinski definition) is 7. The summed E-state index contributed by atoms with van der Waals surface area (Å²) in [5.41, 5.74) is 7.36. The number of nitrogens with two attached hydrogens (primary N) is 1. The Kier molecular flexibility index (Phi) is 7.01. The number of aromatic nitrogens is 4. The molecule has 0 radical (unpaired) electrons. The Bertz CT molecular complexity index is 890. The minimum Gasteiger partial charge on any atom is -0.391 e. The molecule has 3 rings (SSSR count). The number of likely N-dealkylation sites (tertiary alicyclic amines) is 1. The molecule has 1 unspecified atom stereocenters. The van der Waals surface area contributed by atoms with Crippen molar-refractivity contribution < 1.29 is 14.7 Å². The number of carbonyl (C=O) groups excluding carboxylic acids is 2. The minimum atomic E-state index is -1.06. The Hall–Kier alpha value is -2.56. The number of rotatable bonds is 7. The van der Waals surface area contributed by atoms with Crippen LogP contribution in [0.4, 0.5) is 0 Å². The predicted octanol–water partition coefficient (Wildman–Crippen LogP) is 0.267. The second-order valence-corrected chi connectivity index (χ2v) is 8.13. The number of benzene rings is 1. The summed E-state index contributed by atoms with van der Waals surface area (Å²) in [6.45, 7) is 4.20. The van der Waals surface area contributed by atoms with Crippen LogP contribution < -0.4 is 11.1 Å². The van der Waals surface area contributed by atoms with Crippen molar-refractivity contribution in [3.63, 3.8) is 0 Å². The Labute approximate surface area is 179 Å². The molecule has 3 atom stereocenters. The first-order chi connectivity index (χ1) is 14.3. The van der Waals surface area contributed by atoms with E-state index in [1.807, 2.05) is 0 Å². The molecule has 11 heteroatoms. The highest BCUT2D eigenvalue weighted by Crippen LogP contribution is 2.22. The number of tetrazole rings is 1. The Morgan fingerprint density at radius 1 is 1.40 bits per heavy atom. The highest BCUT2D eigenvalue weighted by molar-refractivity contribution is 6.30. The first kappa shape index (κ1) is 22.1. The first-order valence-corrected chi connectivity index (χ1v) is 10.2. The van der Waals surface area contributed by atoms with Gasteiger partial charge >= 0.3 is 0 Å². The van der Waals surface area contributed by atoms with Gasteiger partial charge in [0.2, 0.25) is 11.8 Å². The van der Waals surface area contributed by atoms with Crippen LogP contribution in [0.2, 0.25) is 5.02 Å². The van der Waals surface area contributed by atoms with Gasteiger partial charge in [0.05, 0.1) is 11.8 Å². The van der Waals surface area contributed by atoms with E-state index in [4.69, 9.17) is 17.3 Å². The number of carbonyl (C=O) groups is 2. The average molecular weight is 436 g/mol. The number of nitrogens with one attached hydrogen (secondary N) is 1. The van der Waals surface area contributed by atoms with E-state index >= 15 is 0 Å². The van der Waals surface area contributed by atoms with Gasteiger partial charge in [0.15, 0.2) is 0 Å². The average Bonchev–Trinajstić information content (AvgIpc) is 3.42. The van der Waals surface area contributed by atoms with Crippen molar-refractivity contribution in [2.45, 2.75) is 51.4 Å². The van der Waals surface area contributed by atoms with Gasteiger partial charge in [0, 0.05) is 18.1 Å². The molecule has 4 N–H and O–H groups in total. The van der Waals surface area contributed by atoms with Crippen molar-refractivity contribution >= 4 is 23.4 Å². The maximum Gasteiger partial charge on any atom is 0.243 e. The van der Waals surface area contributed by atoms with Crippen LogP contribution >= 0.6 is 11.6 Å². The molecule has 1 aliphatic rings.